The standard InChI is InChI=1S/C11H24N2O2/c1-9(12)6-5-7-11(14)13(3)10(2)8-15-4/h9-10H,5-8,12H2,1-4H3. The molecule has 2 N–H and O–H groups in total. The molecule has 0 aliphatic carbocycles. The van der Waals surface area contributed by atoms with Gasteiger partial charge in [0.15, 0.2) is 0 Å². The topological polar surface area (TPSA) is 55.6 Å². The van der Waals surface area contributed by atoms with E-state index in [0.29, 0.717) is 13.0 Å². The van der Waals surface area contributed by atoms with Gasteiger partial charge in [-0.05, 0) is 26.7 Å². The summed E-state index contributed by atoms with van der Waals surface area (Å²) >= 11 is 0. The zero-order chi connectivity index (χ0) is 11.8. The van der Waals surface area contributed by atoms with E-state index in [9.17, 15) is 4.79 Å². The van der Waals surface area contributed by atoms with Gasteiger partial charge in [0.05, 0.1) is 12.6 Å². The van der Waals surface area contributed by atoms with Crippen LogP contribution in [0.1, 0.15) is 33.1 Å². The predicted molar refractivity (Wildman–Crippen MR) is 61.6 cm³/mol. The van der Waals surface area contributed by atoms with Gasteiger partial charge in [0.1, 0.15) is 0 Å². The summed E-state index contributed by atoms with van der Waals surface area (Å²) in [5.41, 5.74) is 5.62. The van der Waals surface area contributed by atoms with Crippen LogP contribution in [0.3, 0.4) is 0 Å². The molecule has 4 heteroatoms. The van der Waals surface area contributed by atoms with Gasteiger partial charge in [0.25, 0.3) is 0 Å². The van der Waals surface area contributed by atoms with E-state index in [2.05, 4.69) is 0 Å². The second-order valence-corrected chi connectivity index (χ2v) is 4.18. The van der Waals surface area contributed by atoms with Crippen LogP contribution in [0, 0.1) is 0 Å². The number of carbonyl (C=O) groups excluding carboxylic acids is 1. The predicted octanol–water partition coefficient (Wildman–Crippen LogP) is 0.997. The van der Waals surface area contributed by atoms with Crippen LogP contribution in [0.2, 0.25) is 0 Å². The van der Waals surface area contributed by atoms with Crippen molar-refractivity contribution in [1.29, 1.82) is 0 Å². The number of ether oxygens (including phenoxy) is 1. The van der Waals surface area contributed by atoms with Crippen LogP contribution in [0.4, 0.5) is 0 Å². The SMILES string of the molecule is COCC(C)N(C)C(=O)CCCC(C)N. The Kier molecular flexibility index (Phi) is 7.34. The second-order valence-electron chi connectivity index (χ2n) is 4.18. The van der Waals surface area contributed by atoms with Gasteiger partial charge in [-0.1, -0.05) is 0 Å². The zero-order valence-electron chi connectivity index (χ0n) is 10.3. The number of hydrogen-bond donors (Lipinski definition) is 1. The Morgan fingerprint density at radius 3 is 2.53 bits per heavy atom. The molecule has 0 aliphatic heterocycles. The van der Waals surface area contributed by atoms with Gasteiger partial charge in [-0.25, -0.2) is 0 Å². The quantitative estimate of drug-likeness (QED) is 0.690. The maximum atomic E-state index is 11.7. The summed E-state index contributed by atoms with van der Waals surface area (Å²) in [7, 11) is 3.46. The molecule has 0 aromatic carbocycles. The first-order valence-electron chi connectivity index (χ1n) is 5.49. The smallest absolute Gasteiger partial charge is 0.222 e. The summed E-state index contributed by atoms with van der Waals surface area (Å²) in [5, 5.41) is 0. The molecule has 0 bridgehead atoms. The van der Waals surface area contributed by atoms with Crippen molar-refractivity contribution in [2.75, 3.05) is 20.8 Å². The van der Waals surface area contributed by atoms with Crippen LogP contribution < -0.4 is 5.73 Å². The van der Waals surface area contributed by atoms with Crippen molar-refractivity contribution in [3.8, 4) is 0 Å². The van der Waals surface area contributed by atoms with Crippen LogP contribution in [0.5, 0.6) is 0 Å². The molecular weight excluding hydrogens is 192 g/mol. The van der Waals surface area contributed by atoms with E-state index in [1.807, 2.05) is 20.9 Å². The molecule has 2 atom stereocenters. The van der Waals surface area contributed by atoms with Crippen molar-refractivity contribution >= 4 is 5.91 Å². The lowest BCUT2D eigenvalue weighted by Crippen LogP contribution is -2.37. The number of methoxy groups -OCH3 is 1. The van der Waals surface area contributed by atoms with E-state index in [-0.39, 0.29) is 18.0 Å². The molecule has 2 unspecified atom stereocenters. The lowest BCUT2D eigenvalue weighted by atomic mass is 10.1. The maximum absolute atomic E-state index is 11.7. The van der Waals surface area contributed by atoms with Crippen LogP contribution >= 0.6 is 0 Å². The van der Waals surface area contributed by atoms with Gasteiger partial charge >= 0.3 is 0 Å². The fourth-order valence-electron chi connectivity index (χ4n) is 1.35. The highest BCUT2D eigenvalue weighted by atomic mass is 16.5. The molecule has 0 aromatic rings. The highest BCUT2D eigenvalue weighted by molar-refractivity contribution is 5.76. The maximum Gasteiger partial charge on any atom is 0.222 e. The van der Waals surface area contributed by atoms with Gasteiger partial charge < -0.3 is 15.4 Å². The zero-order valence-corrected chi connectivity index (χ0v) is 10.3. The molecule has 15 heavy (non-hydrogen) atoms. The number of amides is 1. The second kappa shape index (κ2) is 7.65. The average Bonchev–Trinajstić information content (AvgIpc) is 2.16. The third kappa shape index (κ3) is 6.47. The molecule has 0 rings (SSSR count). The summed E-state index contributed by atoms with van der Waals surface area (Å²) in [5.74, 6) is 0.167. The molecule has 0 aliphatic rings. The molecule has 0 fully saturated rings. The van der Waals surface area contributed by atoms with E-state index < -0.39 is 0 Å². The number of nitrogens with two attached hydrogens (primary N) is 1. The Labute approximate surface area is 92.8 Å². The molecule has 0 heterocycles. The molecule has 90 valence electrons. The summed E-state index contributed by atoms with van der Waals surface area (Å²) in [6, 6.07) is 0.317. The van der Waals surface area contributed by atoms with Crippen LogP contribution in [0.15, 0.2) is 0 Å². The van der Waals surface area contributed by atoms with E-state index in [4.69, 9.17) is 10.5 Å². The lowest BCUT2D eigenvalue weighted by Gasteiger charge is -2.24. The number of carbonyl (C=O) groups is 1. The third-order valence-corrected chi connectivity index (χ3v) is 2.51. The van der Waals surface area contributed by atoms with Crippen molar-refractivity contribution in [1.82, 2.24) is 4.90 Å². The van der Waals surface area contributed by atoms with Gasteiger partial charge in [-0.15, -0.1) is 0 Å². The van der Waals surface area contributed by atoms with Crippen molar-refractivity contribution in [2.24, 2.45) is 5.73 Å². The first-order chi connectivity index (χ1) is 6.99. The monoisotopic (exact) mass is 216 g/mol. The minimum Gasteiger partial charge on any atom is -0.383 e. The van der Waals surface area contributed by atoms with Gasteiger partial charge in [0.2, 0.25) is 5.91 Å². The van der Waals surface area contributed by atoms with Crippen molar-refractivity contribution in [2.45, 2.75) is 45.2 Å². The van der Waals surface area contributed by atoms with E-state index in [1.54, 1.807) is 12.0 Å². The minimum absolute atomic E-state index is 0.137. The van der Waals surface area contributed by atoms with E-state index in [0.717, 1.165) is 12.8 Å². The Morgan fingerprint density at radius 2 is 2.07 bits per heavy atom. The molecule has 0 saturated heterocycles. The Morgan fingerprint density at radius 1 is 1.47 bits per heavy atom. The normalized spacial score (nSPS) is 14.7. The first-order valence-corrected chi connectivity index (χ1v) is 5.49. The molecule has 1 amide bonds. The fraction of sp³-hybridized carbons (Fsp3) is 0.909. The number of rotatable bonds is 7. The molecule has 0 aromatic heterocycles. The van der Waals surface area contributed by atoms with Crippen molar-refractivity contribution < 1.29 is 9.53 Å². The summed E-state index contributed by atoms with van der Waals surface area (Å²) < 4.78 is 5.00. The number of likely N-dealkylation sites (N-methyl/N-ethyl adjacent to an activating group) is 1. The number of hydrogen-bond acceptors (Lipinski definition) is 3. The minimum atomic E-state index is 0.137. The average molecular weight is 216 g/mol. The third-order valence-electron chi connectivity index (χ3n) is 2.51. The van der Waals surface area contributed by atoms with Crippen LogP contribution in [-0.4, -0.2) is 43.7 Å². The highest BCUT2D eigenvalue weighted by Gasteiger charge is 2.14. The fourth-order valence-corrected chi connectivity index (χ4v) is 1.35. The van der Waals surface area contributed by atoms with E-state index >= 15 is 0 Å². The summed E-state index contributed by atoms with van der Waals surface area (Å²) in [6.45, 7) is 4.52. The Bertz CT molecular complexity index is 183. The highest BCUT2D eigenvalue weighted by Crippen LogP contribution is 2.04. The lowest BCUT2D eigenvalue weighted by molar-refractivity contribution is -0.132. The Balaban J connectivity index is 3.78. The van der Waals surface area contributed by atoms with Crippen molar-refractivity contribution in [3.63, 3.8) is 0 Å². The van der Waals surface area contributed by atoms with Gasteiger partial charge in [-0.2, -0.15) is 0 Å². The molecule has 0 saturated carbocycles. The van der Waals surface area contributed by atoms with E-state index in [1.165, 1.54) is 0 Å². The largest absolute Gasteiger partial charge is 0.383 e. The number of nitrogens with zero attached hydrogens (tertiary/aromatic N) is 1. The molecule has 4 nitrogen and oxygen atoms in total. The Hall–Kier alpha value is -0.610. The molecule has 0 radical (unpaired) electrons. The van der Waals surface area contributed by atoms with Gasteiger partial charge in [-0.3, -0.25) is 4.79 Å². The van der Waals surface area contributed by atoms with Crippen molar-refractivity contribution in [3.05, 3.63) is 0 Å². The molecular formula is C11H24N2O2. The van der Waals surface area contributed by atoms with Gasteiger partial charge in [0, 0.05) is 26.6 Å². The first kappa shape index (κ1) is 14.4. The summed E-state index contributed by atoms with van der Waals surface area (Å²) in [4.78, 5) is 13.4. The van der Waals surface area contributed by atoms with Crippen LogP contribution in [-0.2, 0) is 9.53 Å². The summed E-state index contributed by atoms with van der Waals surface area (Å²) in [6.07, 6.45) is 2.34. The van der Waals surface area contributed by atoms with Crippen LogP contribution in [0.25, 0.3) is 0 Å². The molecule has 0 spiro atoms.